The number of carbonyl (C=O) groups excluding carboxylic acids is 1. The van der Waals surface area contributed by atoms with Crippen molar-refractivity contribution in [3.63, 3.8) is 0 Å². The van der Waals surface area contributed by atoms with Gasteiger partial charge in [0, 0.05) is 35.6 Å². The molecular formula is C19H21ClFN7O2. The fourth-order valence-electron chi connectivity index (χ4n) is 3.81. The molecule has 11 heteroatoms. The molecule has 9 nitrogen and oxygen atoms in total. The third kappa shape index (κ3) is 3.55. The minimum atomic E-state index is -1.30. The number of nitrogens with one attached hydrogen (secondary N) is 3. The molecule has 0 bridgehead atoms. The Hall–Kier alpha value is -2.88. The molecule has 158 valence electrons. The van der Waals surface area contributed by atoms with Gasteiger partial charge in [-0.3, -0.25) is 5.10 Å². The molecule has 2 saturated carbocycles. The molecule has 2 aliphatic carbocycles. The third-order valence-electron chi connectivity index (χ3n) is 5.79. The number of hydrogen-bond acceptors (Lipinski definition) is 6. The predicted molar refractivity (Wildman–Crippen MR) is 108 cm³/mol. The van der Waals surface area contributed by atoms with Crippen LogP contribution >= 0.6 is 11.6 Å². The van der Waals surface area contributed by atoms with Gasteiger partial charge in [-0.2, -0.15) is 10.2 Å². The van der Waals surface area contributed by atoms with Gasteiger partial charge in [0.25, 0.3) is 0 Å². The number of hydrogen-bond donors (Lipinski definition) is 3. The van der Waals surface area contributed by atoms with E-state index in [2.05, 4.69) is 30.9 Å². The van der Waals surface area contributed by atoms with Gasteiger partial charge in [-0.15, -0.1) is 0 Å². The Labute approximate surface area is 176 Å². The lowest BCUT2D eigenvalue weighted by Crippen LogP contribution is -2.38. The first kappa shape index (κ1) is 19.1. The first-order valence-corrected chi connectivity index (χ1v) is 10.2. The average molecular weight is 434 g/mol. The number of alkyl halides is 1. The lowest BCUT2D eigenvalue weighted by Gasteiger charge is -2.19. The molecule has 0 radical (unpaired) electrons. The molecular weight excluding hydrogens is 413 g/mol. The van der Waals surface area contributed by atoms with Crippen molar-refractivity contribution >= 4 is 34.8 Å². The molecule has 2 fully saturated rings. The van der Waals surface area contributed by atoms with Gasteiger partial charge < -0.3 is 15.4 Å². The highest BCUT2D eigenvalue weighted by Gasteiger charge is 2.43. The number of carbonyl (C=O) groups is 1. The number of anilines is 2. The van der Waals surface area contributed by atoms with Crippen LogP contribution in [0.5, 0.6) is 0 Å². The second kappa shape index (κ2) is 7.12. The van der Waals surface area contributed by atoms with E-state index in [1.165, 1.54) is 6.20 Å². The quantitative estimate of drug-likeness (QED) is 0.566. The highest BCUT2D eigenvalue weighted by atomic mass is 35.5. The number of amides is 1. The van der Waals surface area contributed by atoms with Crippen molar-refractivity contribution in [3.8, 4) is 0 Å². The van der Waals surface area contributed by atoms with Crippen molar-refractivity contribution in [1.82, 2.24) is 30.1 Å². The first-order chi connectivity index (χ1) is 14.4. The number of aromatic amines is 1. The van der Waals surface area contributed by atoms with E-state index in [1.807, 2.05) is 6.92 Å². The third-order valence-corrected chi connectivity index (χ3v) is 6.07. The van der Waals surface area contributed by atoms with E-state index >= 15 is 0 Å². The van der Waals surface area contributed by atoms with Crippen LogP contribution < -0.4 is 10.6 Å². The molecule has 30 heavy (non-hydrogen) atoms. The molecule has 0 aromatic carbocycles. The van der Waals surface area contributed by atoms with Crippen molar-refractivity contribution in [3.05, 3.63) is 35.4 Å². The number of nitrogens with zero attached hydrogens (tertiary/aromatic N) is 4. The Morgan fingerprint density at radius 1 is 1.43 bits per heavy atom. The number of fused-ring (bicyclic) bond motifs is 1. The van der Waals surface area contributed by atoms with E-state index in [0.717, 1.165) is 12.8 Å². The second-order valence-electron chi connectivity index (χ2n) is 8.15. The molecule has 5 rings (SSSR count). The summed E-state index contributed by atoms with van der Waals surface area (Å²) in [6.07, 6.45) is 5.06. The van der Waals surface area contributed by atoms with Gasteiger partial charge in [-0.1, -0.05) is 11.6 Å². The smallest absolute Gasteiger partial charge is 0.407 e. The fourth-order valence-corrected chi connectivity index (χ4v) is 4.03. The van der Waals surface area contributed by atoms with Gasteiger partial charge in [0.15, 0.2) is 11.6 Å². The Morgan fingerprint density at radius 2 is 2.27 bits per heavy atom. The SMILES string of the molecule is CC1(NC(=O)O[C@@H]2CC[C@H](c3cc(Nc4nccn5ncc(Cl)c45)n[nH]3)[C@H]2F)CC1. The first-order valence-electron chi connectivity index (χ1n) is 9.85. The molecule has 0 aliphatic heterocycles. The largest absolute Gasteiger partial charge is 0.443 e. The number of ether oxygens (including phenoxy) is 1. The highest BCUT2D eigenvalue weighted by Crippen LogP contribution is 2.39. The van der Waals surface area contributed by atoms with E-state index in [4.69, 9.17) is 16.3 Å². The predicted octanol–water partition coefficient (Wildman–Crippen LogP) is 3.71. The molecule has 2 aliphatic rings. The fraction of sp³-hybridized carbons (Fsp3) is 0.474. The molecule has 3 N–H and O–H groups in total. The Balaban J connectivity index is 1.26. The summed E-state index contributed by atoms with van der Waals surface area (Å²) in [7, 11) is 0. The van der Waals surface area contributed by atoms with Crippen molar-refractivity contribution in [1.29, 1.82) is 0 Å². The summed E-state index contributed by atoms with van der Waals surface area (Å²) in [5.74, 6) is 0.552. The standard InChI is InChI=1S/C19H21ClFN7O2/c1-19(4-5-19)25-18(29)30-13-3-2-10(15(13)21)12-8-14(27-26-12)24-17-16-11(20)9-23-28(16)7-6-22-17/h6-10,13,15H,2-5H2,1H3,(H,25,29)(H2,22,24,26,27)/t10-,13-,15-/m1/s1. The highest BCUT2D eigenvalue weighted by molar-refractivity contribution is 6.34. The summed E-state index contributed by atoms with van der Waals surface area (Å²) >= 11 is 6.19. The zero-order valence-corrected chi connectivity index (χ0v) is 17.0. The Kier molecular flexibility index (Phi) is 4.53. The van der Waals surface area contributed by atoms with Crippen LogP contribution in [-0.2, 0) is 4.74 Å². The van der Waals surface area contributed by atoms with E-state index < -0.39 is 24.3 Å². The minimum absolute atomic E-state index is 0.194. The van der Waals surface area contributed by atoms with E-state index in [1.54, 1.807) is 23.0 Å². The summed E-state index contributed by atoms with van der Waals surface area (Å²) in [5, 5.41) is 17.6. The summed E-state index contributed by atoms with van der Waals surface area (Å²) in [5.41, 5.74) is 1.06. The number of aromatic nitrogens is 5. The zero-order chi connectivity index (χ0) is 20.9. The zero-order valence-electron chi connectivity index (χ0n) is 16.2. The van der Waals surface area contributed by atoms with E-state index in [-0.39, 0.29) is 5.54 Å². The van der Waals surface area contributed by atoms with E-state index in [9.17, 15) is 9.18 Å². The lowest BCUT2D eigenvalue weighted by atomic mass is 10.0. The van der Waals surface area contributed by atoms with Crippen LogP contribution in [0.15, 0.2) is 24.7 Å². The normalized spacial score (nSPS) is 24.7. The second-order valence-corrected chi connectivity index (χ2v) is 8.56. The molecule has 1 amide bonds. The minimum Gasteiger partial charge on any atom is -0.443 e. The number of H-pyrrole nitrogens is 1. The van der Waals surface area contributed by atoms with E-state index in [0.29, 0.717) is 40.7 Å². The van der Waals surface area contributed by atoms with Crippen molar-refractivity contribution in [2.75, 3.05) is 5.32 Å². The number of halogens is 2. The molecule has 3 aromatic heterocycles. The Morgan fingerprint density at radius 3 is 3.07 bits per heavy atom. The van der Waals surface area contributed by atoms with Crippen LogP contribution in [0.4, 0.5) is 20.8 Å². The molecule has 3 atom stereocenters. The van der Waals surface area contributed by atoms with Crippen LogP contribution in [0.25, 0.3) is 5.52 Å². The van der Waals surface area contributed by atoms with Crippen LogP contribution in [0.2, 0.25) is 5.02 Å². The van der Waals surface area contributed by atoms with Crippen molar-refractivity contribution < 1.29 is 13.9 Å². The van der Waals surface area contributed by atoms with Crippen LogP contribution in [0, 0.1) is 0 Å². The monoisotopic (exact) mass is 433 g/mol. The molecule has 0 spiro atoms. The number of rotatable bonds is 5. The summed E-state index contributed by atoms with van der Waals surface area (Å²) in [4.78, 5) is 16.3. The summed E-state index contributed by atoms with van der Waals surface area (Å²) in [6.45, 7) is 1.95. The molecule has 3 heterocycles. The molecule has 0 saturated heterocycles. The van der Waals surface area contributed by atoms with Gasteiger partial charge >= 0.3 is 6.09 Å². The molecule has 3 aromatic rings. The van der Waals surface area contributed by atoms with Gasteiger partial charge in [0.1, 0.15) is 17.8 Å². The van der Waals surface area contributed by atoms with Crippen LogP contribution in [0.1, 0.15) is 44.2 Å². The van der Waals surface area contributed by atoms with Gasteiger partial charge in [-0.05, 0) is 32.6 Å². The maximum Gasteiger partial charge on any atom is 0.407 e. The van der Waals surface area contributed by atoms with Crippen LogP contribution in [0.3, 0.4) is 0 Å². The summed E-state index contributed by atoms with van der Waals surface area (Å²) < 4.78 is 21.9. The van der Waals surface area contributed by atoms with Crippen molar-refractivity contribution in [2.45, 2.75) is 56.3 Å². The van der Waals surface area contributed by atoms with Crippen molar-refractivity contribution in [2.24, 2.45) is 0 Å². The van der Waals surface area contributed by atoms with Crippen LogP contribution in [-0.4, -0.2) is 48.7 Å². The van der Waals surface area contributed by atoms with Gasteiger partial charge in [0.05, 0.1) is 11.2 Å². The van der Waals surface area contributed by atoms with Gasteiger partial charge in [-0.25, -0.2) is 18.7 Å². The number of alkyl carbamates (subject to hydrolysis) is 1. The summed E-state index contributed by atoms with van der Waals surface area (Å²) in [6, 6.07) is 1.74. The maximum atomic E-state index is 15.0. The lowest BCUT2D eigenvalue weighted by molar-refractivity contribution is 0.0546. The maximum absolute atomic E-state index is 15.0. The average Bonchev–Trinajstić information content (AvgIpc) is 3.03. The topological polar surface area (TPSA) is 109 Å². The van der Waals surface area contributed by atoms with Gasteiger partial charge in [0.2, 0.25) is 0 Å². The molecule has 0 unspecified atom stereocenters. The Bertz CT molecular complexity index is 1100.